The molecule has 0 radical (unpaired) electrons. The maximum absolute atomic E-state index is 12.8. The smallest absolute Gasteiger partial charge is 0.308 e. The molecule has 1 fully saturated rings. The molecule has 6 nitrogen and oxygen atoms in total. The summed E-state index contributed by atoms with van der Waals surface area (Å²) in [7, 11) is 0. The van der Waals surface area contributed by atoms with Crippen LogP contribution in [0.15, 0.2) is 48.5 Å². The van der Waals surface area contributed by atoms with Crippen molar-refractivity contribution >= 4 is 17.7 Å². The molecule has 2 unspecified atom stereocenters. The highest BCUT2D eigenvalue weighted by Crippen LogP contribution is 2.26. The van der Waals surface area contributed by atoms with Crippen LogP contribution in [0.4, 0.5) is 0 Å². The van der Waals surface area contributed by atoms with Crippen LogP contribution in [0.2, 0.25) is 0 Å². The monoisotopic (exact) mass is 381 g/mol. The highest BCUT2D eigenvalue weighted by molar-refractivity contribution is 5.95. The molecule has 1 N–H and O–H groups in total. The van der Waals surface area contributed by atoms with Gasteiger partial charge < -0.3 is 14.7 Å². The maximum atomic E-state index is 12.8. The second kappa shape index (κ2) is 8.25. The summed E-state index contributed by atoms with van der Waals surface area (Å²) >= 11 is 0. The van der Waals surface area contributed by atoms with Crippen LogP contribution in [0.1, 0.15) is 47.4 Å². The molecule has 2 atom stereocenters. The Morgan fingerprint density at radius 2 is 1.46 bits per heavy atom. The van der Waals surface area contributed by atoms with E-state index < -0.39 is 11.9 Å². The first kappa shape index (κ1) is 19.6. The molecule has 28 heavy (non-hydrogen) atoms. The number of rotatable bonds is 5. The first-order chi connectivity index (χ1) is 13.3. The minimum atomic E-state index is -0.857. The zero-order chi connectivity index (χ0) is 20.3. The lowest BCUT2D eigenvalue weighted by Gasteiger charge is -2.36. The largest absolute Gasteiger partial charge is 0.481 e. The Balaban J connectivity index is 1.68. The molecule has 1 aliphatic rings. The minimum Gasteiger partial charge on any atom is -0.481 e. The average molecular weight is 381 g/mol. The molecule has 1 aliphatic heterocycles. The van der Waals surface area contributed by atoms with E-state index in [-0.39, 0.29) is 24.3 Å². The number of benzene rings is 2. The Morgan fingerprint density at radius 3 is 1.96 bits per heavy atom. The highest BCUT2D eigenvalue weighted by Gasteiger charge is 2.32. The lowest BCUT2D eigenvalue weighted by Crippen LogP contribution is -2.47. The lowest BCUT2D eigenvalue weighted by atomic mass is 9.93. The number of nitrogens with zero attached hydrogens (tertiary/aromatic N) is 1. The van der Waals surface area contributed by atoms with Gasteiger partial charge in [0.1, 0.15) is 11.5 Å². The van der Waals surface area contributed by atoms with E-state index in [4.69, 9.17) is 4.74 Å². The second-order valence-electron chi connectivity index (χ2n) is 7.13. The lowest BCUT2D eigenvalue weighted by molar-refractivity contribution is -0.143. The van der Waals surface area contributed by atoms with Crippen molar-refractivity contribution in [3.63, 3.8) is 0 Å². The summed E-state index contributed by atoms with van der Waals surface area (Å²) < 4.78 is 5.75. The van der Waals surface area contributed by atoms with Gasteiger partial charge in [0, 0.05) is 23.7 Å². The number of carbonyl (C=O) groups is 3. The van der Waals surface area contributed by atoms with Gasteiger partial charge in [0.15, 0.2) is 5.78 Å². The van der Waals surface area contributed by atoms with E-state index in [2.05, 4.69) is 0 Å². The summed E-state index contributed by atoms with van der Waals surface area (Å²) in [5.41, 5.74) is 1.11. The van der Waals surface area contributed by atoms with Crippen molar-refractivity contribution < 1.29 is 24.2 Å². The Labute approximate surface area is 163 Å². The number of piperidine rings is 1. The summed E-state index contributed by atoms with van der Waals surface area (Å²) in [5.74, 6) is -0.382. The van der Waals surface area contributed by atoms with Crippen LogP contribution in [-0.2, 0) is 4.79 Å². The number of carbonyl (C=O) groups excluding carboxylic acids is 2. The number of likely N-dealkylation sites (tertiary alicyclic amines) is 1. The Kier molecular flexibility index (Phi) is 5.78. The molecule has 1 amide bonds. The third kappa shape index (κ3) is 4.39. The topological polar surface area (TPSA) is 83.9 Å². The summed E-state index contributed by atoms with van der Waals surface area (Å²) in [4.78, 5) is 37.0. The van der Waals surface area contributed by atoms with Crippen LogP contribution in [-0.4, -0.2) is 40.3 Å². The standard InChI is InChI=1S/C22H23NO5/c1-14-3-4-18(22(26)27)13-23(14)21(25)17-7-11-20(12-8-17)28-19-9-5-16(6-10-19)15(2)24/h5-12,14,18H,3-4,13H2,1-2H3,(H,26,27). The van der Waals surface area contributed by atoms with Gasteiger partial charge in [-0.2, -0.15) is 0 Å². The molecule has 0 saturated carbocycles. The van der Waals surface area contributed by atoms with Crippen LogP contribution in [0, 0.1) is 5.92 Å². The van der Waals surface area contributed by atoms with Crippen LogP contribution < -0.4 is 4.74 Å². The number of carboxylic acid groups (broad SMARTS) is 1. The molecule has 1 heterocycles. The summed E-state index contributed by atoms with van der Waals surface area (Å²) in [6, 6.07) is 13.6. The van der Waals surface area contributed by atoms with Gasteiger partial charge in [-0.25, -0.2) is 0 Å². The maximum Gasteiger partial charge on any atom is 0.308 e. The first-order valence-electron chi connectivity index (χ1n) is 9.28. The van der Waals surface area contributed by atoms with Crippen molar-refractivity contribution in [3.8, 4) is 11.5 Å². The fraction of sp³-hybridized carbons (Fsp3) is 0.318. The van der Waals surface area contributed by atoms with Gasteiger partial charge in [0.2, 0.25) is 0 Å². The minimum absolute atomic E-state index is 0.00788. The molecule has 2 aromatic carbocycles. The number of hydrogen-bond acceptors (Lipinski definition) is 4. The van der Waals surface area contributed by atoms with Crippen LogP contribution >= 0.6 is 0 Å². The predicted octanol–water partition coefficient (Wildman–Crippen LogP) is 4.01. The molecule has 0 spiro atoms. The molecule has 1 saturated heterocycles. The van der Waals surface area contributed by atoms with Crippen LogP contribution in [0.25, 0.3) is 0 Å². The Bertz CT molecular complexity index is 873. The van der Waals surface area contributed by atoms with Gasteiger partial charge in [0.25, 0.3) is 5.91 Å². The van der Waals surface area contributed by atoms with E-state index in [0.717, 1.165) is 0 Å². The quantitative estimate of drug-likeness (QED) is 0.791. The predicted molar refractivity (Wildman–Crippen MR) is 104 cm³/mol. The van der Waals surface area contributed by atoms with Gasteiger partial charge in [-0.3, -0.25) is 14.4 Å². The summed E-state index contributed by atoms with van der Waals surface area (Å²) in [5, 5.41) is 9.25. The number of amides is 1. The Morgan fingerprint density at radius 1 is 0.929 bits per heavy atom. The molecule has 3 rings (SSSR count). The van der Waals surface area contributed by atoms with E-state index in [1.165, 1.54) is 6.92 Å². The Hall–Kier alpha value is -3.15. The van der Waals surface area contributed by atoms with Crippen LogP contribution in [0.5, 0.6) is 11.5 Å². The van der Waals surface area contributed by atoms with Gasteiger partial charge >= 0.3 is 5.97 Å². The number of aliphatic carboxylic acids is 1. The molecular weight excluding hydrogens is 358 g/mol. The van der Waals surface area contributed by atoms with E-state index in [9.17, 15) is 19.5 Å². The zero-order valence-corrected chi connectivity index (χ0v) is 15.9. The number of hydrogen-bond donors (Lipinski definition) is 1. The zero-order valence-electron chi connectivity index (χ0n) is 15.9. The van der Waals surface area contributed by atoms with Crippen molar-refractivity contribution in [1.29, 1.82) is 0 Å². The van der Waals surface area contributed by atoms with Crippen molar-refractivity contribution in [1.82, 2.24) is 4.90 Å². The fourth-order valence-electron chi connectivity index (χ4n) is 3.32. The van der Waals surface area contributed by atoms with Crippen LogP contribution in [0.3, 0.4) is 0 Å². The van der Waals surface area contributed by atoms with Crippen molar-refractivity contribution in [2.75, 3.05) is 6.54 Å². The third-order valence-electron chi connectivity index (χ3n) is 5.09. The van der Waals surface area contributed by atoms with E-state index in [1.54, 1.807) is 53.4 Å². The molecule has 6 heteroatoms. The van der Waals surface area contributed by atoms with Crippen molar-refractivity contribution in [2.45, 2.75) is 32.7 Å². The van der Waals surface area contributed by atoms with Gasteiger partial charge in [0.05, 0.1) is 5.92 Å². The summed E-state index contributed by atoms with van der Waals surface area (Å²) in [6.07, 6.45) is 1.27. The first-order valence-corrected chi connectivity index (χ1v) is 9.28. The molecule has 0 aromatic heterocycles. The van der Waals surface area contributed by atoms with E-state index >= 15 is 0 Å². The third-order valence-corrected chi connectivity index (χ3v) is 5.09. The van der Waals surface area contributed by atoms with Gasteiger partial charge in [-0.05, 0) is 75.2 Å². The SMILES string of the molecule is CC(=O)c1ccc(Oc2ccc(C(=O)N3CC(C(=O)O)CCC3C)cc2)cc1. The summed E-state index contributed by atoms with van der Waals surface area (Å²) in [6.45, 7) is 3.68. The van der Waals surface area contributed by atoms with Gasteiger partial charge in [-0.15, -0.1) is 0 Å². The average Bonchev–Trinajstić information content (AvgIpc) is 2.68. The highest BCUT2D eigenvalue weighted by atomic mass is 16.5. The van der Waals surface area contributed by atoms with Crippen molar-refractivity contribution in [3.05, 3.63) is 59.7 Å². The number of ketones is 1. The van der Waals surface area contributed by atoms with E-state index in [1.807, 2.05) is 6.92 Å². The number of ether oxygens (including phenoxy) is 1. The molecular formula is C22H23NO5. The van der Waals surface area contributed by atoms with Gasteiger partial charge in [-0.1, -0.05) is 0 Å². The number of carboxylic acids is 1. The molecule has 0 bridgehead atoms. The number of Topliss-reactive ketones (excluding diaryl/α,β-unsaturated/α-hetero) is 1. The van der Waals surface area contributed by atoms with E-state index in [0.29, 0.717) is 35.5 Å². The normalized spacial score (nSPS) is 19.1. The fourth-order valence-corrected chi connectivity index (χ4v) is 3.32. The molecule has 2 aromatic rings. The van der Waals surface area contributed by atoms with Crippen molar-refractivity contribution in [2.24, 2.45) is 5.92 Å². The molecule has 146 valence electrons. The second-order valence-corrected chi connectivity index (χ2v) is 7.13. The molecule has 0 aliphatic carbocycles.